The second-order valence-corrected chi connectivity index (χ2v) is 6.37. The molecule has 1 N–H and O–H groups in total. The van der Waals surface area contributed by atoms with Gasteiger partial charge in [0.2, 0.25) is 0 Å². The van der Waals surface area contributed by atoms with Crippen molar-refractivity contribution in [3.63, 3.8) is 0 Å². The van der Waals surface area contributed by atoms with E-state index in [-0.39, 0.29) is 0 Å². The molecule has 0 bridgehead atoms. The van der Waals surface area contributed by atoms with E-state index < -0.39 is 0 Å². The summed E-state index contributed by atoms with van der Waals surface area (Å²) in [7, 11) is 1.66. The zero-order valence-corrected chi connectivity index (χ0v) is 14.8. The normalized spacial score (nSPS) is 20.2. The highest BCUT2D eigenvalue weighted by Gasteiger charge is 2.26. The van der Waals surface area contributed by atoms with Crippen molar-refractivity contribution in [3.05, 3.63) is 60.2 Å². The van der Waals surface area contributed by atoms with E-state index in [1.54, 1.807) is 7.11 Å². The molecule has 2 aromatic rings. The Kier molecular flexibility index (Phi) is 6.71. The molecule has 1 saturated heterocycles. The number of piperidine rings is 1. The molecule has 3 rings (SSSR count). The van der Waals surface area contributed by atoms with E-state index in [1.165, 1.54) is 12.0 Å². The summed E-state index contributed by atoms with van der Waals surface area (Å²) in [6, 6.07) is 18.4. The molecule has 0 unspecified atom stereocenters. The lowest BCUT2D eigenvalue weighted by atomic mass is 9.81. The monoisotopic (exact) mass is 341 g/mol. The Balaban J connectivity index is 1.41. The Morgan fingerprint density at radius 1 is 0.960 bits per heavy atom. The number of nitrogens with one attached hydrogen (secondary N) is 1. The van der Waals surface area contributed by atoms with E-state index in [0.717, 1.165) is 31.2 Å². The van der Waals surface area contributed by atoms with Crippen LogP contribution in [0.4, 0.5) is 0 Å². The van der Waals surface area contributed by atoms with Crippen molar-refractivity contribution in [2.24, 2.45) is 5.92 Å². The van der Waals surface area contributed by atoms with Gasteiger partial charge in [0, 0.05) is 12.5 Å². The van der Waals surface area contributed by atoms with E-state index in [2.05, 4.69) is 35.6 Å². The quantitative estimate of drug-likeness (QED) is 0.746. The van der Waals surface area contributed by atoms with Crippen molar-refractivity contribution < 1.29 is 14.2 Å². The van der Waals surface area contributed by atoms with Gasteiger partial charge < -0.3 is 19.5 Å². The Bertz CT molecular complexity index is 615. The molecule has 0 amide bonds. The number of rotatable bonds is 8. The van der Waals surface area contributed by atoms with Crippen LogP contribution >= 0.6 is 0 Å². The van der Waals surface area contributed by atoms with Gasteiger partial charge >= 0.3 is 0 Å². The molecule has 2 atom stereocenters. The zero-order valence-electron chi connectivity index (χ0n) is 14.8. The van der Waals surface area contributed by atoms with Crippen LogP contribution in [-0.2, 0) is 4.74 Å². The minimum absolute atomic E-state index is 0.511. The third kappa shape index (κ3) is 5.21. The smallest absolute Gasteiger partial charge is 0.119 e. The third-order valence-corrected chi connectivity index (χ3v) is 4.72. The minimum Gasteiger partial charge on any atom is -0.497 e. The first kappa shape index (κ1) is 17.8. The average Bonchev–Trinajstić information content (AvgIpc) is 2.69. The highest BCUT2D eigenvalue weighted by atomic mass is 16.5. The van der Waals surface area contributed by atoms with Crippen LogP contribution < -0.4 is 14.8 Å². The molecule has 25 heavy (non-hydrogen) atoms. The molecular formula is C21H27NO3. The average molecular weight is 341 g/mol. The second-order valence-electron chi connectivity index (χ2n) is 6.37. The predicted molar refractivity (Wildman–Crippen MR) is 99.5 cm³/mol. The molecule has 0 aromatic heterocycles. The SMILES string of the molecule is COc1ccc(OCCOC[C@H]2CNCC[C@@H]2c2ccccc2)cc1. The fraction of sp³-hybridized carbons (Fsp3) is 0.429. The van der Waals surface area contributed by atoms with Crippen LogP contribution in [0.3, 0.4) is 0 Å². The van der Waals surface area contributed by atoms with Crippen molar-refractivity contribution in [1.82, 2.24) is 5.32 Å². The van der Waals surface area contributed by atoms with Gasteiger partial charge in [-0.25, -0.2) is 0 Å². The highest BCUT2D eigenvalue weighted by Crippen LogP contribution is 2.30. The molecule has 1 aliphatic rings. The first-order valence-corrected chi connectivity index (χ1v) is 8.97. The number of methoxy groups -OCH3 is 1. The van der Waals surface area contributed by atoms with Crippen LogP contribution in [0.1, 0.15) is 17.9 Å². The van der Waals surface area contributed by atoms with Crippen LogP contribution in [0.5, 0.6) is 11.5 Å². The summed E-state index contributed by atoms with van der Waals surface area (Å²) in [5, 5.41) is 3.49. The summed E-state index contributed by atoms with van der Waals surface area (Å²) < 4.78 is 16.8. The highest BCUT2D eigenvalue weighted by molar-refractivity contribution is 5.31. The zero-order chi connectivity index (χ0) is 17.3. The van der Waals surface area contributed by atoms with Crippen molar-refractivity contribution in [2.45, 2.75) is 12.3 Å². The largest absolute Gasteiger partial charge is 0.497 e. The molecule has 0 radical (unpaired) electrons. The van der Waals surface area contributed by atoms with Crippen molar-refractivity contribution in [2.75, 3.05) is 40.0 Å². The molecule has 4 heteroatoms. The molecule has 2 aromatic carbocycles. The molecular weight excluding hydrogens is 314 g/mol. The van der Waals surface area contributed by atoms with Gasteiger partial charge in [-0.05, 0) is 48.7 Å². The Hall–Kier alpha value is -2.04. The Morgan fingerprint density at radius 3 is 2.48 bits per heavy atom. The van der Waals surface area contributed by atoms with E-state index in [9.17, 15) is 0 Å². The van der Waals surface area contributed by atoms with Crippen molar-refractivity contribution >= 4 is 0 Å². The number of ether oxygens (including phenoxy) is 3. The van der Waals surface area contributed by atoms with Gasteiger partial charge in [0.05, 0.1) is 20.3 Å². The van der Waals surface area contributed by atoms with E-state index >= 15 is 0 Å². The molecule has 1 heterocycles. The summed E-state index contributed by atoms with van der Waals surface area (Å²) in [6.07, 6.45) is 1.17. The van der Waals surface area contributed by atoms with Gasteiger partial charge in [0.25, 0.3) is 0 Å². The Labute approximate surface area is 150 Å². The lowest BCUT2D eigenvalue weighted by Gasteiger charge is -2.32. The maximum absolute atomic E-state index is 5.90. The van der Waals surface area contributed by atoms with Gasteiger partial charge in [-0.15, -0.1) is 0 Å². The Morgan fingerprint density at radius 2 is 1.72 bits per heavy atom. The van der Waals surface area contributed by atoms with E-state index in [4.69, 9.17) is 14.2 Å². The molecule has 134 valence electrons. The fourth-order valence-corrected chi connectivity index (χ4v) is 3.36. The van der Waals surface area contributed by atoms with Gasteiger partial charge in [-0.2, -0.15) is 0 Å². The number of hydrogen-bond acceptors (Lipinski definition) is 4. The maximum Gasteiger partial charge on any atom is 0.119 e. The van der Waals surface area contributed by atoms with Gasteiger partial charge in [0.15, 0.2) is 0 Å². The van der Waals surface area contributed by atoms with E-state index in [1.807, 2.05) is 24.3 Å². The topological polar surface area (TPSA) is 39.7 Å². The minimum atomic E-state index is 0.511. The fourth-order valence-electron chi connectivity index (χ4n) is 3.36. The molecule has 0 aliphatic carbocycles. The summed E-state index contributed by atoms with van der Waals surface area (Å²) >= 11 is 0. The van der Waals surface area contributed by atoms with E-state index in [0.29, 0.717) is 25.0 Å². The third-order valence-electron chi connectivity index (χ3n) is 4.72. The molecule has 0 saturated carbocycles. The van der Waals surface area contributed by atoms with Crippen molar-refractivity contribution in [3.8, 4) is 11.5 Å². The van der Waals surface area contributed by atoms with Crippen LogP contribution in [0.15, 0.2) is 54.6 Å². The summed E-state index contributed by atoms with van der Waals surface area (Å²) in [6.45, 7) is 4.01. The second kappa shape index (κ2) is 9.44. The standard InChI is InChI=1S/C21H27NO3/c1-23-19-7-9-20(10-8-19)25-14-13-24-16-18-15-22-12-11-21(18)17-5-3-2-4-6-17/h2-10,18,21-22H,11-16H2,1H3/t18-,21-/m1/s1. The van der Waals surface area contributed by atoms with Crippen LogP contribution in [0.25, 0.3) is 0 Å². The predicted octanol–water partition coefficient (Wildman–Crippen LogP) is 3.48. The summed E-state index contributed by atoms with van der Waals surface area (Å²) in [4.78, 5) is 0. The van der Waals surface area contributed by atoms with Crippen LogP contribution in [0, 0.1) is 5.92 Å². The molecule has 0 spiro atoms. The van der Waals surface area contributed by atoms with Gasteiger partial charge in [-0.3, -0.25) is 0 Å². The number of hydrogen-bond donors (Lipinski definition) is 1. The first-order chi connectivity index (χ1) is 12.4. The van der Waals surface area contributed by atoms with Gasteiger partial charge in [-0.1, -0.05) is 30.3 Å². The number of benzene rings is 2. The molecule has 1 fully saturated rings. The van der Waals surface area contributed by atoms with Crippen molar-refractivity contribution in [1.29, 1.82) is 0 Å². The molecule has 4 nitrogen and oxygen atoms in total. The molecule has 1 aliphatic heterocycles. The summed E-state index contributed by atoms with van der Waals surface area (Å²) in [5.41, 5.74) is 1.42. The van der Waals surface area contributed by atoms with Gasteiger partial charge in [0.1, 0.15) is 18.1 Å². The van der Waals surface area contributed by atoms with Crippen LogP contribution in [-0.4, -0.2) is 40.0 Å². The van der Waals surface area contributed by atoms with Crippen LogP contribution in [0.2, 0.25) is 0 Å². The lowest BCUT2D eigenvalue weighted by molar-refractivity contribution is 0.0604. The maximum atomic E-state index is 5.90. The first-order valence-electron chi connectivity index (χ1n) is 8.97. The lowest BCUT2D eigenvalue weighted by Crippen LogP contribution is -2.38. The summed E-state index contributed by atoms with van der Waals surface area (Å²) in [5.74, 6) is 2.76.